The molecule has 0 saturated heterocycles. The Kier molecular flexibility index (Phi) is 6.60. The van der Waals surface area contributed by atoms with Gasteiger partial charge >= 0.3 is 5.97 Å². The molecular weight excluding hydrogens is 300 g/mol. The van der Waals surface area contributed by atoms with E-state index in [0.717, 1.165) is 0 Å². The van der Waals surface area contributed by atoms with Gasteiger partial charge in [0.15, 0.2) is 6.04 Å². The number of nitrogens with one attached hydrogen (secondary N) is 1. The van der Waals surface area contributed by atoms with Crippen molar-refractivity contribution < 1.29 is 18.3 Å². The molecule has 20 heavy (non-hydrogen) atoms. The monoisotopic (exact) mass is 320 g/mol. The molecule has 0 fully saturated rings. The van der Waals surface area contributed by atoms with E-state index >= 15 is 0 Å². The van der Waals surface area contributed by atoms with Crippen molar-refractivity contribution in [1.29, 1.82) is 0 Å². The molecule has 1 rings (SSSR count). The molecule has 114 valence electrons. The van der Waals surface area contributed by atoms with Crippen LogP contribution in [0.25, 0.3) is 0 Å². The van der Waals surface area contributed by atoms with Crippen molar-refractivity contribution >= 4 is 27.5 Å². The lowest BCUT2D eigenvalue weighted by Gasteiger charge is -2.23. The van der Waals surface area contributed by atoms with E-state index in [4.69, 9.17) is 0 Å². The Morgan fingerprint density at radius 1 is 1.40 bits per heavy atom. The molecule has 0 bridgehead atoms. The smallest absolute Gasteiger partial charge is 0.327 e. The summed E-state index contributed by atoms with van der Waals surface area (Å²) in [5.41, 5.74) is 0. The van der Waals surface area contributed by atoms with Crippen LogP contribution in [0.1, 0.15) is 37.6 Å². The molecule has 1 heterocycles. The van der Waals surface area contributed by atoms with Crippen LogP contribution in [-0.2, 0) is 15.0 Å². The molecule has 8 heteroatoms. The minimum Gasteiger partial charge on any atom is -0.480 e. The highest BCUT2D eigenvalue weighted by molar-refractivity contribution is 7.87. The molecule has 0 spiro atoms. The van der Waals surface area contributed by atoms with Gasteiger partial charge in [-0.2, -0.15) is 17.4 Å². The average molecular weight is 320 g/mol. The van der Waals surface area contributed by atoms with Gasteiger partial charge in [-0.05, 0) is 24.3 Å². The van der Waals surface area contributed by atoms with E-state index in [2.05, 4.69) is 4.72 Å². The maximum absolute atomic E-state index is 12.3. The minimum absolute atomic E-state index is 0.375. The van der Waals surface area contributed by atoms with Gasteiger partial charge in [-0.1, -0.05) is 19.9 Å². The molecule has 0 radical (unpaired) electrons. The Morgan fingerprint density at radius 2 is 2.00 bits per heavy atom. The lowest BCUT2D eigenvalue weighted by atomic mass is 10.3. The second-order valence-corrected chi connectivity index (χ2v) is 6.99. The predicted octanol–water partition coefficient (Wildman–Crippen LogP) is 1.83. The highest BCUT2D eigenvalue weighted by Gasteiger charge is 2.30. The van der Waals surface area contributed by atoms with Crippen LogP contribution in [0.3, 0.4) is 0 Å². The van der Waals surface area contributed by atoms with E-state index in [1.54, 1.807) is 17.5 Å². The number of carboxylic acids is 1. The molecule has 2 N–H and O–H groups in total. The number of carbonyl (C=O) groups is 1. The second-order valence-electron chi connectivity index (χ2n) is 4.31. The topological polar surface area (TPSA) is 86.7 Å². The lowest BCUT2D eigenvalue weighted by Crippen LogP contribution is -2.44. The number of rotatable bonds is 9. The first-order valence-corrected chi connectivity index (χ1v) is 8.78. The molecule has 0 aliphatic carbocycles. The normalized spacial score (nSPS) is 13.6. The fourth-order valence-corrected chi connectivity index (χ4v) is 4.12. The van der Waals surface area contributed by atoms with E-state index < -0.39 is 22.2 Å². The quantitative estimate of drug-likeness (QED) is 0.727. The van der Waals surface area contributed by atoms with Gasteiger partial charge in [0.2, 0.25) is 0 Å². The molecule has 1 unspecified atom stereocenters. The number of carboxylic acid groups (broad SMARTS) is 1. The van der Waals surface area contributed by atoms with Crippen LogP contribution in [0.15, 0.2) is 17.5 Å². The molecule has 1 atom stereocenters. The number of hydrogen-bond acceptors (Lipinski definition) is 4. The van der Waals surface area contributed by atoms with Crippen LogP contribution >= 0.6 is 11.3 Å². The predicted molar refractivity (Wildman–Crippen MR) is 78.9 cm³/mol. The summed E-state index contributed by atoms with van der Waals surface area (Å²) in [6, 6.07) is 2.06. The number of hydrogen-bond donors (Lipinski definition) is 2. The van der Waals surface area contributed by atoms with Crippen LogP contribution in [0.4, 0.5) is 0 Å². The van der Waals surface area contributed by atoms with Gasteiger partial charge in [-0.15, -0.1) is 11.3 Å². The standard InChI is InChI=1S/C12H20N2O4S2/c1-3-7-14(8-4-2)20(17,18)13-11(12(15)16)10-6-5-9-19-10/h5-6,9,11,13H,3-4,7-8H2,1-2H3,(H,15,16). The van der Waals surface area contributed by atoms with Gasteiger partial charge < -0.3 is 5.11 Å². The zero-order chi connectivity index (χ0) is 15.2. The van der Waals surface area contributed by atoms with Crippen LogP contribution in [0, 0.1) is 0 Å². The molecule has 0 saturated carbocycles. The Morgan fingerprint density at radius 3 is 2.40 bits per heavy atom. The van der Waals surface area contributed by atoms with Crippen molar-refractivity contribution in [3.63, 3.8) is 0 Å². The SMILES string of the molecule is CCCN(CCC)S(=O)(=O)NC(C(=O)O)c1cccs1. The van der Waals surface area contributed by atoms with E-state index in [0.29, 0.717) is 30.8 Å². The third kappa shape index (κ3) is 4.55. The summed E-state index contributed by atoms with van der Waals surface area (Å²) in [6.45, 7) is 4.51. The van der Waals surface area contributed by atoms with Gasteiger partial charge in [-0.3, -0.25) is 4.79 Å². The molecule has 6 nitrogen and oxygen atoms in total. The highest BCUT2D eigenvalue weighted by atomic mass is 32.2. The van der Waals surface area contributed by atoms with Crippen molar-refractivity contribution in [3.05, 3.63) is 22.4 Å². The first-order valence-electron chi connectivity index (χ1n) is 6.46. The summed E-state index contributed by atoms with van der Waals surface area (Å²) in [5.74, 6) is -1.20. The van der Waals surface area contributed by atoms with Crippen molar-refractivity contribution in [3.8, 4) is 0 Å². The Balaban J connectivity index is 2.93. The molecular formula is C12H20N2O4S2. The van der Waals surface area contributed by atoms with E-state index in [9.17, 15) is 18.3 Å². The number of nitrogens with zero attached hydrogens (tertiary/aromatic N) is 1. The van der Waals surface area contributed by atoms with Gasteiger partial charge in [0.25, 0.3) is 10.2 Å². The summed E-state index contributed by atoms with van der Waals surface area (Å²) in [5, 5.41) is 10.9. The third-order valence-electron chi connectivity index (χ3n) is 2.63. The maximum Gasteiger partial charge on any atom is 0.327 e. The van der Waals surface area contributed by atoms with Crippen molar-refractivity contribution in [1.82, 2.24) is 9.03 Å². The van der Waals surface area contributed by atoms with Crippen LogP contribution in [-0.4, -0.2) is 36.9 Å². The maximum atomic E-state index is 12.3. The summed E-state index contributed by atoms with van der Waals surface area (Å²) in [7, 11) is -3.81. The zero-order valence-corrected chi connectivity index (χ0v) is 13.2. The van der Waals surface area contributed by atoms with Gasteiger partial charge in [0, 0.05) is 18.0 Å². The molecule has 1 aromatic rings. The highest BCUT2D eigenvalue weighted by Crippen LogP contribution is 2.20. The van der Waals surface area contributed by atoms with E-state index in [1.165, 1.54) is 15.6 Å². The number of thiophene rings is 1. The van der Waals surface area contributed by atoms with E-state index in [-0.39, 0.29) is 0 Å². The summed E-state index contributed by atoms with van der Waals surface area (Å²) < 4.78 is 28.1. The fourth-order valence-electron chi connectivity index (χ4n) is 1.76. The minimum atomic E-state index is -3.81. The third-order valence-corrected chi connectivity index (χ3v) is 5.14. The summed E-state index contributed by atoms with van der Waals surface area (Å²) in [6.07, 6.45) is 1.36. The Labute approximate surface area is 123 Å². The Bertz CT molecular complexity index is 508. The fraction of sp³-hybridized carbons (Fsp3) is 0.583. The second kappa shape index (κ2) is 7.72. The van der Waals surface area contributed by atoms with Crippen LogP contribution in [0.2, 0.25) is 0 Å². The number of aliphatic carboxylic acids is 1. The van der Waals surface area contributed by atoms with Gasteiger partial charge in [0.05, 0.1) is 0 Å². The lowest BCUT2D eigenvalue weighted by molar-refractivity contribution is -0.139. The molecule has 0 aromatic carbocycles. The first-order chi connectivity index (χ1) is 9.42. The van der Waals surface area contributed by atoms with Crippen molar-refractivity contribution in [2.75, 3.05) is 13.1 Å². The molecule has 0 aliphatic rings. The van der Waals surface area contributed by atoms with Gasteiger partial charge in [0.1, 0.15) is 0 Å². The molecule has 0 aliphatic heterocycles. The zero-order valence-electron chi connectivity index (χ0n) is 11.6. The van der Waals surface area contributed by atoms with Crippen molar-refractivity contribution in [2.24, 2.45) is 0 Å². The Hall–Kier alpha value is -0.960. The van der Waals surface area contributed by atoms with E-state index in [1.807, 2.05) is 13.8 Å². The largest absolute Gasteiger partial charge is 0.480 e. The van der Waals surface area contributed by atoms with Crippen LogP contribution in [0.5, 0.6) is 0 Å². The molecule has 0 amide bonds. The first kappa shape index (κ1) is 17.1. The molecule has 1 aromatic heterocycles. The summed E-state index contributed by atoms with van der Waals surface area (Å²) >= 11 is 1.21. The summed E-state index contributed by atoms with van der Waals surface area (Å²) in [4.78, 5) is 11.7. The van der Waals surface area contributed by atoms with Gasteiger partial charge in [-0.25, -0.2) is 0 Å². The average Bonchev–Trinajstić information content (AvgIpc) is 2.89. The van der Waals surface area contributed by atoms with Crippen LogP contribution < -0.4 is 4.72 Å². The van der Waals surface area contributed by atoms with Crippen molar-refractivity contribution in [2.45, 2.75) is 32.7 Å².